The monoisotopic (exact) mass is 426 g/mol. The molecule has 5 rings (SSSR count). The highest BCUT2D eigenvalue weighted by Gasteiger charge is 2.48. The van der Waals surface area contributed by atoms with E-state index in [1.807, 2.05) is 0 Å². The SMILES string of the molecule is O=c1c2cccc(=O)n2ccn1Cc1nc(C2CC(F)(c3ccc(Cl)cc3)C2)no1. The van der Waals surface area contributed by atoms with E-state index in [1.165, 1.54) is 33.5 Å². The van der Waals surface area contributed by atoms with Crippen LogP contribution in [0.5, 0.6) is 0 Å². The summed E-state index contributed by atoms with van der Waals surface area (Å²) in [5.41, 5.74) is -1.21. The van der Waals surface area contributed by atoms with Crippen molar-refractivity contribution >= 4 is 17.1 Å². The van der Waals surface area contributed by atoms with Crippen LogP contribution in [0.2, 0.25) is 5.02 Å². The number of hydrogen-bond donors (Lipinski definition) is 0. The van der Waals surface area contributed by atoms with Crippen LogP contribution in [-0.2, 0) is 12.2 Å². The fourth-order valence-electron chi connectivity index (χ4n) is 3.85. The molecule has 1 fully saturated rings. The van der Waals surface area contributed by atoms with Gasteiger partial charge in [-0.15, -0.1) is 0 Å². The second-order valence-corrected chi connectivity index (χ2v) is 7.91. The van der Waals surface area contributed by atoms with Crippen LogP contribution in [0.25, 0.3) is 5.52 Å². The van der Waals surface area contributed by atoms with Gasteiger partial charge in [-0.3, -0.25) is 14.0 Å². The Kier molecular flexibility index (Phi) is 4.32. The van der Waals surface area contributed by atoms with Crippen molar-refractivity contribution in [3.8, 4) is 0 Å². The van der Waals surface area contributed by atoms with Crippen LogP contribution in [0.3, 0.4) is 0 Å². The Morgan fingerprint density at radius 3 is 2.67 bits per heavy atom. The van der Waals surface area contributed by atoms with Crippen LogP contribution in [0.4, 0.5) is 4.39 Å². The molecule has 0 amide bonds. The maximum Gasteiger partial charge on any atom is 0.275 e. The van der Waals surface area contributed by atoms with E-state index in [1.54, 1.807) is 30.3 Å². The smallest absolute Gasteiger partial charge is 0.275 e. The lowest BCUT2D eigenvalue weighted by Gasteiger charge is -2.40. The number of aromatic nitrogens is 4. The number of hydrogen-bond acceptors (Lipinski definition) is 5. The van der Waals surface area contributed by atoms with Crippen molar-refractivity contribution in [2.24, 2.45) is 0 Å². The Hall–Kier alpha value is -3.26. The quantitative estimate of drug-likeness (QED) is 0.500. The van der Waals surface area contributed by atoms with Gasteiger partial charge >= 0.3 is 0 Å². The zero-order chi connectivity index (χ0) is 20.9. The van der Waals surface area contributed by atoms with E-state index in [2.05, 4.69) is 10.1 Å². The van der Waals surface area contributed by atoms with Gasteiger partial charge in [0.2, 0.25) is 5.89 Å². The highest BCUT2D eigenvalue weighted by molar-refractivity contribution is 6.30. The molecular formula is C21H16ClFN4O3. The molecule has 0 aliphatic heterocycles. The van der Waals surface area contributed by atoms with Crippen LogP contribution < -0.4 is 11.1 Å². The summed E-state index contributed by atoms with van der Waals surface area (Å²) >= 11 is 5.87. The summed E-state index contributed by atoms with van der Waals surface area (Å²) < 4.78 is 23.0. The first kappa shape index (κ1) is 18.7. The van der Waals surface area contributed by atoms with Crippen molar-refractivity contribution in [3.05, 3.63) is 97.9 Å². The van der Waals surface area contributed by atoms with Gasteiger partial charge < -0.3 is 9.09 Å². The Morgan fingerprint density at radius 2 is 1.90 bits per heavy atom. The number of halogens is 2. The van der Waals surface area contributed by atoms with Gasteiger partial charge in [-0.25, -0.2) is 4.39 Å². The number of pyridine rings is 1. The molecule has 1 aliphatic rings. The summed E-state index contributed by atoms with van der Waals surface area (Å²) in [6, 6.07) is 11.2. The number of alkyl halides is 1. The van der Waals surface area contributed by atoms with Crippen LogP contribution in [0, 0.1) is 0 Å². The van der Waals surface area contributed by atoms with Crippen LogP contribution in [0.1, 0.15) is 36.0 Å². The molecule has 0 radical (unpaired) electrons. The van der Waals surface area contributed by atoms with Crippen molar-refractivity contribution in [1.29, 1.82) is 0 Å². The van der Waals surface area contributed by atoms with Gasteiger partial charge in [0.15, 0.2) is 5.82 Å². The highest BCUT2D eigenvalue weighted by atomic mass is 35.5. The molecule has 0 unspecified atom stereocenters. The maximum absolute atomic E-state index is 15.1. The maximum atomic E-state index is 15.1. The van der Waals surface area contributed by atoms with Gasteiger partial charge in [0.05, 0.1) is 0 Å². The molecule has 0 spiro atoms. The first-order chi connectivity index (χ1) is 14.4. The van der Waals surface area contributed by atoms with Crippen molar-refractivity contribution < 1.29 is 8.91 Å². The lowest BCUT2D eigenvalue weighted by molar-refractivity contribution is 0.0336. The zero-order valence-corrected chi connectivity index (χ0v) is 16.4. The molecule has 4 aromatic rings. The average molecular weight is 427 g/mol. The third-order valence-corrected chi connectivity index (χ3v) is 5.77. The minimum Gasteiger partial charge on any atom is -0.337 e. The standard InChI is InChI=1S/C21H16ClFN4O3/c22-15-6-4-14(5-7-15)21(23)10-13(11-21)19-24-17(30-25-19)12-26-8-9-27-16(20(26)29)2-1-3-18(27)28/h1-9,13H,10-12H2. The fourth-order valence-corrected chi connectivity index (χ4v) is 3.97. The number of benzene rings is 1. The number of fused-ring (bicyclic) bond motifs is 1. The molecule has 0 saturated heterocycles. The normalized spacial score (nSPS) is 20.9. The molecule has 7 nitrogen and oxygen atoms in total. The second-order valence-electron chi connectivity index (χ2n) is 7.47. The summed E-state index contributed by atoms with van der Waals surface area (Å²) in [7, 11) is 0. The Morgan fingerprint density at radius 1 is 1.13 bits per heavy atom. The molecule has 9 heteroatoms. The van der Waals surface area contributed by atoms with Crippen molar-refractivity contribution in [3.63, 3.8) is 0 Å². The fraction of sp³-hybridized carbons (Fsp3) is 0.238. The topological polar surface area (TPSA) is 82.4 Å². The van der Waals surface area contributed by atoms with Gasteiger partial charge in [-0.05, 0) is 36.6 Å². The Labute approximate surface area is 174 Å². The predicted molar refractivity (Wildman–Crippen MR) is 108 cm³/mol. The lowest BCUT2D eigenvalue weighted by Crippen LogP contribution is -2.36. The number of rotatable bonds is 4. The Bertz CT molecular complexity index is 1350. The van der Waals surface area contributed by atoms with E-state index in [0.29, 0.717) is 16.4 Å². The molecule has 3 heterocycles. The zero-order valence-electron chi connectivity index (χ0n) is 15.7. The van der Waals surface area contributed by atoms with Crippen molar-refractivity contribution in [1.82, 2.24) is 19.1 Å². The highest BCUT2D eigenvalue weighted by Crippen LogP contribution is 2.53. The first-order valence-corrected chi connectivity index (χ1v) is 9.79. The molecule has 0 N–H and O–H groups in total. The van der Waals surface area contributed by atoms with E-state index >= 15 is 4.39 Å². The second kappa shape index (κ2) is 6.91. The van der Waals surface area contributed by atoms with Crippen molar-refractivity contribution in [2.45, 2.75) is 31.0 Å². The van der Waals surface area contributed by atoms with E-state index in [9.17, 15) is 9.59 Å². The minimum atomic E-state index is -1.43. The van der Waals surface area contributed by atoms with E-state index in [4.69, 9.17) is 16.1 Å². The van der Waals surface area contributed by atoms with E-state index in [0.717, 1.165) is 0 Å². The summed E-state index contributed by atoms with van der Waals surface area (Å²) in [4.78, 5) is 28.8. The molecule has 1 aliphatic carbocycles. The summed E-state index contributed by atoms with van der Waals surface area (Å²) in [5, 5.41) is 4.53. The van der Waals surface area contributed by atoms with Crippen molar-refractivity contribution in [2.75, 3.05) is 0 Å². The molecule has 1 saturated carbocycles. The Balaban J connectivity index is 1.33. The van der Waals surface area contributed by atoms with Gasteiger partial charge in [0.1, 0.15) is 17.7 Å². The summed E-state index contributed by atoms with van der Waals surface area (Å²) in [5.74, 6) is 0.518. The minimum absolute atomic E-state index is 0.0656. The predicted octanol–water partition coefficient (Wildman–Crippen LogP) is 3.29. The lowest BCUT2D eigenvalue weighted by atomic mass is 9.68. The van der Waals surface area contributed by atoms with E-state index < -0.39 is 5.67 Å². The van der Waals surface area contributed by atoms with Gasteiger partial charge in [0, 0.05) is 29.4 Å². The van der Waals surface area contributed by atoms with Crippen LogP contribution in [-0.4, -0.2) is 19.1 Å². The summed E-state index contributed by atoms with van der Waals surface area (Å²) in [6.07, 6.45) is 3.53. The van der Waals surface area contributed by atoms with Gasteiger partial charge in [-0.1, -0.05) is 35.0 Å². The third kappa shape index (κ3) is 3.13. The molecule has 3 aromatic heterocycles. The molecule has 152 valence electrons. The number of nitrogens with zero attached hydrogens (tertiary/aromatic N) is 4. The first-order valence-electron chi connectivity index (χ1n) is 9.41. The average Bonchev–Trinajstić information content (AvgIpc) is 3.17. The third-order valence-electron chi connectivity index (χ3n) is 5.52. The van der Waals surface area contributed by atoms with Crippen LogP contribution >= 0.6 is 11.6 Å². The largest absolute Gasteiger partial charge is 0.337 e. The van der Waals surface area contributed by atoms with Crippen LogP contribution in [0.15, 0.2) is 69.0 Å². The van der Waals surface area contributed by atoms with E-state index in [-0.39, 0.29) is 47.8 Å². The molecule has 0 atom stereocenters. The molecule has 30 heavy (non-hydrogen) atoms. The summed E-state index contributed by atoms with van der Waals surface area (Å²) in [6.45, 7) is 0.0656. The molecular weight excluding hydrogens is 411 g/mol. The van der Waals surface area contributed by atoms with Gasteiger partial charge in [-0.2, -0.15) is 4.98 Å². The molecule has 0 bridgehead atoms. The molecule has 1 aromatic carbocycles. The van der Waals surface area contributed by atoms with Gasteiger partial charge in [0.25, 0.3) is 11.1 Å².